The van der Waals surface area contributed by atoms with E-state index in [0.29, 0.717) is 0 Å². The predicted octanol–water partition coefficient (Wildman–Crippen LogP) is 1.67. The number of aryl methyl sites for hydroxylation is 1. The summed E-state index contributed by atoms with van der Waals surface area (Å²) in [6.45, 7) is 4.93. The number of nitrogens with one attached hydrogen (secondary N) is 1. The number of piperidine rings is 1. The van der Waals surface area contributed by atoms with Crippen molar-refractivity contribution in [3.63, 3.8) is 0 Å². The van der Waals surface area contributed by atoms with Crippen molar-refractivity contribution < 1.29 is 13.2 Å². The normalized spacial score (nSPS) is 17.5. The van der Waals surface area contributed by atoms with Gasteiger partial charge in [0.25, 0.3) is 0 Å². The SMILES string of the molecule is Cc1ccc(S(=O)(=O)NC(C)C(=O)N2CCCCC2)cc1. The van der Waals surface area contributed by atoms with Crippen molar-refractivity contribution >= 4 is 15.9 Å². The van der Waals surface area contributed by atoms with Gasteiger partial charge in [-0.15, -0.1) is 0 Å². The first-order chi connectivity index (χ1) is 9.90. The monoisotopic (exact) mass is 310 g/mol. The van der Waals surface area contributed by atoms with E-state index in [4.69, 9.17) is 0 Å². The van der Waals surface area contributed by atoms with Crippen LogP contribution in [0.15, 0.2) is 29.2 Å². The fourth-order valence-corrected chi connectivity index (χ4v) is 3.65. The Morgan fingerprint density at radius 2 is 1.71 bits per heavy atom. The number of sulfonamides is 1. The van der Waals surface area contributed by atoms with Crippen LogP contribution in [0.25, 0.3) is 0 Å². The fraction of sp³-hybridized carbons (Fsp3) is 0.533. The highest BCUT2D eigenvalue weighted by Crippen LogP contribution is 2.13. The molecule has 2 rings (SSSR count). The highest BCUT2D eigenvalue weighted by Gasteiger charge is 2.26. The summed E-state index contributed by atoms with van der Waals surface area (Å²) in [5.41, 5.74) is 0.992. The zero-order valence-electron chi connectivity index (χ0n) is 12.5. The smallest absolute Gasteiger partial charge is 0.241 e. The maximum Gasteiger partial charge on any atom is 0.241 e. The minimum absolute atomic E-state index is 0.148. The van der Waals surface area contributed by atoms with E-state index in [0.717, 1.165) is 37.9 Å². The molecule has 1 N–H and O–H groups in total. The van der Waals surface area contributed by atoms with Crippen molar-refractivity contribution in [1.82, 2.24) is 9.62 Å². The van der Waals surface area contributed by atoms with Gasteiger partial charge in [0.2, 0.25) is 15.9 Å². The molecule has 1 heterocycles. The van der Waals surface area contributed by atoms with E-state index in [1.54, 1.807) is 36.1 Å². The van der Waals surface area contributed by atoms with E-state index in [2.05, 4.69) is 4.72 Å². The van der Waals surface area contributed by atoms with Gasteiger partial charge in [0.05, 0.1) is 10.9 Å². The predicted molar refractivity (Wildman–Crippen MR) is 81.4 cm³/mol. The lowest BCUT2D eigenvalue weighted by Crippen LogP contribution is -2.48. The largest absolute Gasteiger partial charge is 0.341 e. The molecule has 6 heteroatoms. The van der Waals surface area contributed by atoms with Crippen LogP contribution in [0.4, 0.5) is 0 Å². The second kappa shape index (κ2) is 6.58. The lowest BCUT2D eigenvalue weighted by Gasteiger charge is -2.29. The summed E-state index contributed by atoms with van der Waals surface area (Å²) in [6.07, 6.45) is 3.11. The molecular formula is C15H22N2O3S. The molecule has 0 radical (unpaired) electrons. The maximum atomic E-state index is 12.3. The first-order valence-corrected chi connectivity index (χ1v) is 8.76. The van der Waals surface area contributed by atoms with Crippen LogP contribution in [0.3, 0.4) is 0 Å². The molecule has 21 heavy (non-hydrogen) atoms. The highest BCUT2D eigenvalue weighted by molar-refractivity contribution is 7.89. The van der Waals surface area contributed by atoms with Gasteiger partial charge in [-0.25, -0.2) is 8.42 Å². The third kappa shape index (κ3) is 4.04. The molecule has 0 aliphatic carbocycles. The van der Waals surface area contributed by atoms with Gasteiger partial charge < -0.3 is 4.90 Å². The van der Waals surface area contributed by atoms with E-state index in [-0.39, 0.29) is 10.8 Å². The Kier molecular flexibility index (Phi) is 5.00. The van der Waals surface area contributed by atoms with Crippen LogP contribution in [0.2, 0.25) is 0 Å². The Bertz CT molecular complexity index is 590. The molecule has 1 aliphatic rings. The van der Waals surface area contributed by atoms with E-state index >= 15 is 0 Å². The second-order valence-corrected chi connectivity index (χ2v) is 7.26. The van der Waals surface area contributed by atoms with Gasteiger partial charge in [-0.05, 0) is 45.2 Å². The van der Waals surface area contributed by atoms with Crippen molar-refractivity contribution in [1.29, 1.82) is 0 Å². The third-order valence-corrected chi connectivity index (χ3v) is 5.26. The molecule has 1 unspecified atom stereocenters. The second-order valence-electron chi connectivity index (χ2n) is 5.54. The summed E-state index contributed by atoms with van der Waals surface area (Å²) in [6, 6.07) is 5.84. The van der Waals surface area contributed by atoms with Crippen molar-refractivity contribution in [2.45, 2.75) is 44.0 Å². The van der Waals surface area contributed by atoms with Gasteiger partial charge >= 0.3 is 0 Å². The highest BCUT2D eigenvalue weighted by atomic mass is 32.2. The molecule has 0 saturated carbocycles. The molecule has 1 atom stereocenters. The summed E-state index contributed by atoms with van der Waals surface area (Å²) in [7, 11) is -3.66. The van der Waals surface area contributed by atoms with Crippen LogP contribution in [-0.2, 0) is 14.8 Å². The molecule has 1 saturated heterocycles. The molecule has 1 aliphatic heterocycles. The molecule has 0 aromatic heterocycles. The molecule has 1 amide bonds. The molecule has 0 spiro atoms. The van der Waals surface area contributed by atoms with Crippen molar-refractivity contribution in [2.75, 3.05) is 13.1 Å². The number of carbonyl (C=O) groups is 1. The van der Waals surface area contributed by atoms with E-state index in [1.807, 2.05) is 6.92 Å². The topological polar surface area (TPSA) is 66.5 Å². The number of rotatable bonds is 4. The lowest BCUT2D eigenvalue weighted by atomic mass is 10.1. The molecule has 116 valence electrons. The van der Waals surface area contributed by atoms with Gasteiger partial charge in [0.1, 0.15) is 0 Å². The summed E-state index contributed by atoms with van der Waals surface area (Å²) in [5, 5.41) is 0. The number of hydrogen-bond acceptors (Lipinski definition) is 3. The quantitative estimate of drug-likeness (QED) is 0.920. The number of nitrogens with zero attached hydrogens (tertiary/aromatic N) is 1. The first-order valence-electron chi connectivity index (χ1n) is 7.28. The molecule has 1 aromatic rings. The van der Waals surface area contributed by atoms with E-state index < -0.39 is 16.1 Å². The van der Waals surface area contributed by atoms with Crippen molar-refractivity contribution in [3.8, 4) is 0 Å². The summed E-state index contributed by atoms with van der Waals surface area (Å²) < 4.78 is 27.0. The summed E-state index contributed by atoms with van der Waals surface area (Å²) in [5.74, 6) is -0.148. The van der Waals surface area contributed by atoms with Crippen LogP contribution >= 0.6 is 0 Å². The maximum absolute atomic E-state index is 12.3. The zero-order valence-corrected chi connectivity index (χ0v) is 13.3. The summed E-state index contributed by atoms with van der Waals surface area (Å²) in [4.78, 5) is 14.2. The molecule has 1 aromatic carbocycles. The van der Waals surface area contributed by atoms with Gasteiger partial charge in [-0.1, -0.05) is 17.7 Å². The Hall–Kier alpha value is -1.40. The fourth-order valence-electron chi connectivity index (χ4n) is 2.46. The van der Waals surface area contributed by atoms with Gasteiger partial charge in [0, 0.05) is 13.1 Å². The van der Waals surface area contributed by atoms with Crippen LogP contribution in [0.5, 0.6) is 0 Å². The van der Waals surface area contributed by atoms with Crippen molar-refractivity contribution in [2.24, 2.45) is 0 Å². The average molecular weight is 310 g/mol. The number of hydrogen-bond donors (Lipinski definition) is 1. The Labute approximate surface area is 126 Å². The number of amides is 1. The molecule has 1 fully saturated rings. The summed E-state index contributed by atoms with van der Waals surface area (Å²) >= 11 is 0. The number of benzene rings is 1. The van der Waals surface area contributed by atoms with Crippen LogP contribution in [0, 0.1) is 6.92 Å². The lowest BCUT2D eigenvalue weighted by molar-refractivity contribution is -0.133. The van der Waals surface area contributed by atoms with Gasteiger partial charge in [0.15, 0.2) is 0 Å². The van der Waals surface area contributed by atoms with E-state index in [9.17, 15) is 13.2 Å². The molecule has 0 bridgehead atoms. The van der Waals surface area contributed by atoms with Crippen LogP contribution < -0.4 is 4.72 Å². The van der Waals surface area contributed by atoms with Crippen LogP contribution in [-0.4, -0.2) is 38.4 Å². The van der Waals surface area contributed by atoms with E-state index in [1.165, 1.54) is 0 Å². The number of likely N-dealkylation sites (tertiary alicyclic amines) is 1. The van der Waals surface area contributed by atoms with Gasteiger partial charge in [-0.2, -0.15) is 4.72 Å². The van der Waals surface area contributed by atoms with Crippen molar-refractivity contribution in [3.05, 3.63) is 29.8 Å². The third-order valence-electron chi connectivity index (χ3n) is 3.70. The zero-order chi connectivity index (χ0) is 15.5. The Morgan fingerprint density at radius 1 is 1.14 bits per heavy atom. The average Bonchev–Trinajstić information content (AvgIpc) is 2.47. The number of carbonyl (C=O) groups excluding carboxylic acids is 1. The standard InChI is InChI=1S/C15H22N2O3S/c1-12-6-8-14(9-7-12)21(19,20)16-13(2)15(18)17-10-4-3-5-11-17/h6-9,13,16H,3-5,10-11H2,1-2H3. The molecule has 5 nitrogen and oxygen atoms in total. The minimum atomic E-state index is -3.66. The minimum Gasteiger partial charge on any atom is -0.341 e. The Balaban J connectivity index is 2.05. The Morgan fingerprint density at radius 3 is 2.29 bits per heavy atom. The molecular weight excluding hydrogens is 288 g/mol. The van der Waals surface area contributed by atoms with Crippen LogP contribution in [0.1, 0.15) is 31.7 Å². The first kappa shape index (κ1) is 16.0. The van der Waals surface area contributed by atoms with Gasteiger partial charge in [-0.3, -0.25) is 4.79 Å².